The first-order valence-electron chi connectivity index (χ1n) is 9.54. The van der Waals surface area contributed by atoms with Gasteiger partial charge in [0.15, 0.2) is 0 Å². The van der Waals surface area contributed by atoms with Gasteiger partial charge in [-0.1, -0.05) is 60.2 Å². The van der Waals surface area contributed by atoms with E-state index in [2.05, 4.69) is 48.5 Å². The molecule has 0 spiro atoms. The highest BCUT2D eigenvalue weighted by Crippen LogP contribution is 2.41. The van der Waals surface area contributed by atoms with Crippen LogP contribution in [0.25, 0.3) is 6.08 Å². The van der Waals surface area contributed by atoms with Crippen LogP contribution in [0.2, 0.25) is 0 Å². The fourth-order valence-corrected chi connectivity index (χ4v) is 4.70. The Kier molecular flexibility index (Phi) is 7.01. The predicted octanol–water partition coefficient (Wildman–Crippen LogP) is 5.61. The van der Waals surface area contributed by atoms with Gasteiger partial charge >= 0.3 is 0 Å². The lowest BCUT2D eigenvalue weighted by Gasteiger charge is -2.28. The highest BCUT2D eigenvalue weighted by molar-refractivity contribution is 8.04. The van der Waals surface area contributed by atoms with E-state index >= 15 is 0 Å². The molecule has 1 aliphatic rings. The summed E-state index contributed by atoms with van der Waals surface area (Å²) in [7, 11) is 0. The van der Waals surface area contributed by atoms with E-state index in [1.54, 1.807) is 11.8 Å². The van der Waals surface area contributed by atoms with Gasteiger partial charge in [-0.15, -0.1) is 0 Å². The summed E-state index contributed by atoms with van der Waals surface area (Å²) < 4.78 is 0. The topological polar surface area (TPSA) is 40.5 Å². The van der Waals surface area contributed by atoms with E-state index in [1.165, 1.54) is 0 Å². The number of carbonyl (C=O) groups is 1. The molecule has 1 aliphatic heterocycles. The number of thioether (sulfide) groups is 2. The van der Waals surface area contributed by atoms with Gasteiger partial charge in [-0.05, 0) is 40.4 Å². The number of carbonyl (C=O) groups excluding carboxylic acids is 1. The normalized spacial score (nSPS) is 17.2. The van der Waals surface area contributed by atoms with Gasteiger partial charge in [-0.25, -0.2) is 0 Å². The van der Waals surface area contributed by atoms with Crippen molar-refractivity contribution < 1.29 is 9.90 Å². The van der Waals surface area contributed by atoms with Gasteiger partial charge < -0.3 is 10.0 Å². The van der Waals surface area contributed by atoms with Gasteiger partial charge in [-0.2, -0.15) is 11.8 Å². The second kappa shape index (κ2) is 8.52. The Hall–Kier alpha value is -1.07. The van der Waals surface area contributed by atoms with Crippen molar-refractivity contribution in [2.75, 3.05) is 23.9 Å². The second-order valence-electron chi connectivity index (χ2n) is 9.01. The summed E-state index contributed by atoms with van der Waals surface area (Å²) in [5.41, 5.74) is 2.49. The number of hydrogen-bond donors (Lipinski definition) is 1. The Bertz CT molecular complexity index is 692. The first-order valence-corrected chi connectivity index (χ1v) is 11.7. The third-order valence-electron chi connectivity index (χ3n) is 4.63. The van der Waals surface area contributed by atoms with Crippen LogP contribution in [0.4, 0.5) is 0 Å². The van der Waals surface area contributed by atoms with Crippen molar-refractivity contribution in [2.45, 2.75) is 59.3 Å². The number of phenols is 1. The van der Waals surface area contributed by atoms with Gasteiger partial charge in [-0.3, -0.25) is 4.79 Å². The average molecular weight is 408 g/mol. The first kappa shape index (κ1) is 22.2. The molecule has 3 nitrogen and oxygen atoms in total. The maximum atomic E-state index is 12.7. The van der Waals surface area contributed by atoms with Crippen LogP contribution in [0.5, 0.6) is 5.75 Å². The fourth-order valence-electron chi connectivity index (χ4n) is 3.05. The third-order valence-corrected chi connectivity index (χ3v) is 6.55. The molecular weight excluding hydrogens is 374 g/mol. The summed E-state index contributed by atoms with van der Waals surface area (Å²) in [4.78, 5) is 15.4. The van der Waals surface area contributed by atoms with Crippen molar-refractivity contribution in [3.8, 4) is 5.75 Å². The maximum absolute atomic E-state index is 12.7. The Labute approximate surface area is 173 Å². The quantitative estimate of drug-likeness (QED) is 0.508. The summed E-state index contributed by atoms with van der Waals surface area (Å²) in [6, 6.07) is 4.06. The van der Waals surface area contributed by atoms with Crippen LogP contribution in [0.1, 0.15) is 65.2 Å². The van der Waals surface area contributed by atoms with E-state index in [4.69, 9.17) is 0 Å². The van der Waals surface area contributed by atoms with Crippen LogP contribution in [0.15, 0.2) is 17.0 Å². The van der Waals surface area contributed by atoms with Gasteiger partial charge in [0.25, 0.3) is 5.91 Å². The maximum Gasteiger partial charge on any atom is 0.261 e. The van der Waals surface area contributed by atoms with Gasteiger partial charge in [0.2, 0.25) is 0 Å². The van der Waals surface area contributed by atoms with Gasteiger partial charge in [0.1, 0.15) is 5.75 Å². The zero-order valence-electron chi connectivity index (χ0n) is 17.7. The number of amides is 1. The number of nitrogens with zero attached hydrogens (tertiary/aromatic N) is 1. The largest absolute Gasteiger partial charge is 0.507 e. The van der Waals surface area contributed by atoms with Crippen molar-refractivity contribution in [1.82, 2.24) is 4.90 Å². The second-order valence-corrected chi connectivity index (χ2v) is 11.4. The molecule has 0 bridgehead atoms. The molecule has 150 valence electrons. The van der Waals surface area contributed by atoms with Crippen LogP contribution < -0.4 is 0 Å². The van der Waals surface area contributed by atoms with E-state index < -0.39 is 0 Å². The molecule has 27 heavy (non-hydrogen) atoms. The summed E-state index contributed by atoms with van der Waals surface area (Å²) in [6.07, 6.45) is 1.99. The lowest BCUT2D eigenvalue weighted by molar-refractivity contribution is -0.124. The summed E-state index contributed by atoms with van der Waals surface area (Å²) in [5, 5.41) is 10.9. The molecule has 0 saturated carbocycles. The first-order chi connectivity index (χ1) is 12.4. The molecule has 1 aromatic carbocycles. The Balaban J connectivity index is 2.39. The molecule has 1 saturated heterocycles. The molecule has 1 fully saturated rings. The molecule has 0 atom stereocenters. The van der Waals surface area contributed by atoms with Crippen LogP contribution in [-0.4, -0.2) is 39.8 Å². The fraction of sp³-hybridized carbons (Fsp3) is 0.591. The lowest BCUT2D eigenvalue weighted by atomic mass is 9.78. The monoisotopic (exact) mass is 407 g/mol. The molecule has 1 heterocycles. The SMILES string of the molecule is CCSCCN1CS/C(=C/c2cc(C(C)(C)C)c(O)c(C(C)(C)C)c2)C1=O. The van der Waals surface area contributed by atoms with Crippen LogP contribution in [0, 0.1) is 0 Å². The average Bonchev–Trinajstić information content (AvgIpc) is 2.87. The van der Waals surface area contributed by atoms with E-state index in [-0.39, 0.29) is 16.7 Å². The van der Waals surface area contributed by atoms with Gasteiger partial charge in [0.05, 0.1) is 10.8 Å². The zero-order chi connectivity index (χ0) is 20.4. The minimum absolute atomic E-state index is 0.124. The smallest absolute Gasteiger partial charge is 0.261 e. The Morgan fingerprint density at radius 1 is 1.15 bits per heavy atom. The standard InChI is InChI=1S/C22H33NO2S2/c1-8-26-10-9-23-14-27-18(20(23)25)13-15-11-16(21(2,3)4)19(24)17(12-15)22(5,6)7/h11-13,24H,8-10,14H2,1-7H3/b18-13+. The number of aromatic hydroxyl groups is 1. The van der Waals surface area contributed by atoms with E-state index in [9.17, 15) is 9.90 Å². The summed E-state index contributed by atoms with van der Waals surface area (Å²) >= 11 is 3.47. The van der Waals surface area contributed by atoms with Crippen molar-refractivity contribution in [3.05, 3.63) is 33.7 Å². The van der Waals surface area contributed by atoms with E-state index in [0.717, 1.165) is 45.5 Å². The third kappa shape index (κ3) is 5.47. The van der Waals surface area contributed by atoms with Crippen molar-refractivity contribution in [2.24, 2.45) is 0 Å². The van der Waals surface area contributed by atoms with Crippen LogP contribution >= 0.6 is 23.5 Å². The predicted molar refractivity (Wildman–Crippen MR) is 121 cm³/mol. The van der Waals surface area contributed by atoms with Crippen LogP contribution in [0.3, 0.4) is 0 Å². The van der Waals surface area contributed by atoms with Crippen molar-refractivity contribution in [1.29, 1.82) is 0 Å². The number of benzene rings is 1. The molecule has 0 aromatic heterocycles. The van der Waals surface area contributed by atoms with Crippen molar-refractivity contribution in [3.63, 3.8) is 0 Å². The number of hydrogen-bond acceptors (Lipinski definition) is 4. The molecule has 0 unspecified atom stereocenters. The Morgan fingerprint density at radius 3 is 2.19 bits per heavy atom. The molecule has 0 aliphatic carbocycles. The molecule has 0 radical (unpaired) electrons. The van der Waals surface area contributed by atoms with Gasteiger partial charge in [0, 0.05) is 23.4 Å². The minimum atomic E-state index is -0.172. The molecule has 1 amide bonds. The van der Waals surface area contributed by atoms with E-state index in [0.29, 0.717) is 5.75 Å². The Morgan fingerprint density at radius 2 is 1.70 bits per heavy atom. The summed E-state index contributed by atoms with van der Waals surface area (Å²) in [5.74, 6) is 3.29. The molecule has 5 heteroatoms. The molecule has 1 N–H and O–H groups in total. The molecule has 2 rings (SSSR count). The van der Waals surface area contributed by atoms with E-state index in [1.807, 2.05) is 34.9 Å². The zero-order valence-corrected chi connectivity index (χ0v) is 19.3. The van der Waals surface area contributed by atoms with Crippen LogP contribution in [-0.2, 0) is 15.6 Å². The number of phenolic OH excluding ortho intramolecular Hbond substituents is 1. The minimum Gasteiger partial charge on any atom is -0.507 e. The van der Waals surface area contributed by atoms with Crippen molar-refractivity contribution >= 4 is 35.5 Å². The lowest BCUT2D eigenvalue weighted by Crippen LogP contribution is -2.27. The number of rotatable bonds is 5. The molecular formula is C22H33NO2S2. The molecule has 1 aromatic rings. The summed E-state index contributed by atoms with van der Waals surface area (Å²) in [6.45, 7) is 15.6. The highest BCUT2D eigenvalue weighted by atomic mass is 32.2. The highest BCUT2D eigenvalue weighted by Gasteiger charge is 2.29.